The molecule has 4 nitrogen and oxygen atoms in total. The van der Waals surface area contributed by atoms with Gasteiger partial charge in [0.25, 0.3) is 5.56 Å². The summed E-state index contributed by atoms with van der Waals surface area (Å²) < 4.78 is 15.2. The Bertz CT molecular complexity index is 646. The van der Waals surface area contributed by atoms with Crippen LogP contribution in [0.25, 0.3) is 0 Å². The van der Waals surface area contributed by atoms with Crippen molar-refractivity contribution in [1.82, 2.24) is 9.55 Å². The van der Waals surface area contributed by atoms with Crippen molar-refractivity contribution in [2.75, 3.05) is 0 Å². The molecule has 0 fully saturated rings. The first-order valence-electron chi connectivity index (χ1n) is 4.80. The second-order valence-electron chi connectivity index (χ2n) is 3.49. The Morgan fingerprint density at radius 1 is 1.24 bits per heavy atom. The summed E-state index contributed by atoms with van der Waals surface area (Å²) in [7, 11) is 0. The Labute approximate surface area is 109 Å². The first-order valence-corrected chi connectivity index (χ1v) is 5.88. The average Bonchev–Trinajstić information content (AvgIpc) is 2.29. The SMILES string of the molecule is O=c1[nH]c(=O)n(Cc2ccc(I)cc2)cc1F. The minimum atomic E-state index is -0.992. The van der Waals surface area contributed by atoms with Crippen LogP contribution in [0.1, 0.15) is 5.56 Å². The molecule has 0 atom stereocenters. The molecule has 0 aliphatic heterocycles. The minimum Gasteiger partial charge on any atom is -0.293 e. The van der Waals surface area contributed by atoms with Crippen molar-refractivity contribution < 1.29 is 4.39 Å². The fraction of sp³-hybridized carbons (Fsp3) is 0.0909. The summed E-state index contributed by atoms with van der Waals surface area (Å²) in [6, 6.07) is 7.47. The number of rotatable bonds is 2. The number of aromatic amines is 1. The van der Waals surface area contributed by atoms with E-state index in [1.807, 2.05) is 29.2 Å². The highest BCUT2D eigenvalue weighted by Crippen LogP contribution is 2.07. The molecule has 0 aliphatic carbocycles. The van der Waals surface area contributed by atoms with E-state index in [0.717, 1.165) is 19.9 Å². The van der Waals surface area contributed by atoms with E-state index in [1.54, 1.807) is 0 Å². The average molecular weight is 346 g/mol. The van der Waals surface area contributed by atoms with Crippen LogP contribution in [0, 0.1) is 9.39 Å². The van der Waals surface area contributed by atoms with Crippen LogP contribution < -0.4 is 11.2 Å². The van der Waals surface area contributed by atoms with Crippen LogP contribution in [0.5, 0.6) is 0 Å². The summed E-state index contributed by atoms with van der Waals surface area (Å²) in [4.78, 5) is 24.2. The van der Waals surface area contributed by atoms with E-state index < -0.39 is 17.1 Å². The fourth-order valence-corrected chi connectivity index (χ4v) is 1.75. The summed E-state index contributed by atoms with van der Waals surface area (Å²) in [5.74, 6) is -0.963. The van der Waals surface area contributed by atoms with Gasteiger partial charge in [0.2, 0.25) is 5.82 Å². The monoisotopic (exact) mass is 346 g/mol. The molecular weight excluding hydrogens is 338 g/mol. The third-order valence-corrected chi connectivity index (χ3v) is 2.95. The molecular formula is C11H8FIN2O2. The lowest BCUT2D eigenvalue weighted by molar-refractivity contribution is 0.566. The molecule has 0 radical (unpaired) electrons. The number of halogens is 2. The zero-order valence-corrected chi connectivity index (χ0v) is 10.8. The molecule has 88 valence electrons. The predicted octanol–water partition coefficient (Wildman–Crippen LogP) is 1.33. The van der Waals surface area contributed by atoms with E-state index in [2.05, 4.69) is 22.6 Å². The number of nitrogens with one attached hydrogen (secondary N) is 1. The van der Waals surface area contributed by atoms with Gasteiger partial charge >= 0.3 is 5.69 Å². The van der Waals surface area contributed by atoms with Crippen molar-refractivity contribution >= 4 is 22.6 Å². The van der Waals surface area contributed by atoms with E-state index in [9.17, 15) is 14.0 Å². The molecule has 0 saturated heterocycles. The molecule has 1 N–H and O–H groups in total. The Hall–Kier alpha value is -1.44. The van der Waals surface area contributed by atoms with Crippen LogP contribution in [0.3, 0.4) is 0 Å². The summed E-state index contributed by atoms with van der Waals surface area (Å²) in [5.41, 5.74) is -0.747. The molecule has 0 spiro atoms. The van der Waals surface area contributed by atoms with Gasteiger partial charge in [-0.3, -0.25) is 14.3 Å². The van der Waals surface area contributed by atoms with Crippen LogP contribution in [0.2, 0.25) is 0 Å². The van der Waals surface area contributed by atoms with Crippen molar-refractivity contribution in [2.24, 2.45) is 0 Å². The third kappa shape index (κ3) is 2.82. The first kappa shape index (κ1) is 12.0. The number of hydrogen-bond donors (Lipinski definition) is 1. The van der Waals surface area contributed by atoms with Crippen molar-refractivity contribution in [3.63, 3.8) is 0 Å². The highest BCUT2D eigenvalue weighted by Gasteiger charge is 2.04. The molecule has 0 unspecified atom stereocenters. The van der Waals surface area contributed by atoms with Gasteiger partial charge in [-0.1, -0.05) is 12.1 Å². The Morgan fingerprint density at radius 3 is 2.53 bits per heavy atom. The van der Waals surface area contributed by atoms with Gasteiger partial charge in [0.05, 0.1) is 12.7 Å². The number of nitrogens with zero attached hydrogens (tertiary/aromatic N) is 1. The lowest BCUT2D eigenvalue weighted by Gasteiger charge is -2.05. The zero-order chi connectivity index (χ0) is 12.4. The molecule has 0 aliphatic rings. The van der Waals surface area contributed by atoms with Crippen LogP contribution in [0.4, 0.5) is 4.39 Å². The molecule has 1 aromatic heterocycles. The first-order chi connectivity index (χ1) is 8.06. The molecule has 6 heteroatoms. The quantitative estimate of drug-likeness (QED) is 0.835. The summed E-state index contributed by atoms with van der Waals surface area (Å²) in [6.45, 7) is 0.226. The van der Waals surface area contributed by atoms with Gasteiger partial charge in [0, 0.05) is 3.57 Å². The molecule has 1 heterocycles. The van der Waals surface area contributed by atoms with Crippen LogP contribution in [-0.4, -0.2) is 9.55 Å². The lowest BCUT2D eigenvalue weighted by Crippen LogP contribution is -2.31. The number of benzene rings is 1. The number of hydrogen-bond acceptors (Lipinski definition) is 2. The van der Waals surface area contributed by atoms with Gasteiger partial charge in [0.1, 0.15) is 0 Å². The van der Waals surface area contributed by atoms with Crippen molar-refractivity contribution in [3.05, 3.63) is 66.3 Å². The molecule has 0 bridgehead atoms. The van der Waals surface area contributed by atoms with Gasteiger partial charge < -0.3 is 0 Å². The minimum absolute atomic E-state index is 0.226. The van der Waals surface area contributed by atoms with E-state index in [0.29, 0.717) is 0 Å². The van der Waals surface area contributed by atoms with Gasteiger partial charge in [0.15, 0.2) is 0 Å². The van der Waals surface area contributed by atoms with E-state index in [1.165, 1.54) is 0 Å². The van der Waals surface area contributed by atoms with Crippen LogP contribution >= 0.6 is 22.6 Å². The third-order valence-electron chi connectivity index (χ3n) is 2.23. The fourth-order valence-electron chi connectivity index (χ4n) is 1.39. The largest absolute Gasteiger partial charge is 0.328 e. The standard InChI is InChI=1S/C11H8FIN2O2/c12-9-6-15(11(17)14-10(9)16)5-7-1-3-8(13)4-2-7/h1-4,6H,5H2,(H,14,16,17). The zero-order valence-electron chi connectivity index (χ0n) is 8.61. The molecule has 2 aromatic rings. The van der Waals surface area contributed by atoms with Gasteiger partial charge in [-0.2, -0.15) is 4.39 Å². The summed E-state index contributed by atoms with van der Waals surface area (Å²) >= 11 is 2.17. The maximum Gasteiger partial charge on any atom is 0.328 e. The Morgan fingerprint density at radius 2 is 1.88 bits per heavy atom. The maximum absolute atomic E-state index is 13.0. The highest BCUT2D eigenvalue weighted by atomic mass is 127. The highest BCUT2D eigenvalue weighted by molar-refractivity contribution is 14.1. The second kappa shape index (κ2) is 4.82. The predicted molar refractivity (Wildman–Crippen MR) is 69.5 cm³/mol. The maximum atomic E-state index is 13.0. The van der Waals surface area contributed by atoms with Crippen LogP contribution in [-0.2, 0) is 6.54 Å². The molecule has 0 saturated carbocycles. The van der Waals surface area contributed by atoms with Crippen LogP contribution in [0.15, 0.2) is 40.1 Å². The van der Waals surface area contributed by atoms with E-state index >= 15 is 0 Å². The molecule has 2 rings (SSSR count). The van der Waals surface area contributed by atoms with Crippen molar-refractivity contribution in [2.45, 2.75) is 6.54 Å². The molecule has 1 aromatic carbocycles. The van der Waals surface area contributed by atoms with Gasteiger partial charge in [-0.25, -0.2) is 4.79 Å². The lowest BCUT2D eigenvalue weighted by atomic mass is 10.2. The Kier molecular flexibility index (Phi) is 3.41. The van der Waals surface area contributed by atoms with E-state index in [-0.39, 0.29) is 6.54 Å². The molecule has 0 amide bonds. The van der Waals surface area contributed by atoms with Crippen molar-refractivity contribution in [1.29, 1.82) is 0 Å². The Balaban J connectivity index is 2.36. The normalized spacial score (nSPS) is 10.5. The smallest absolute Gasteiger partial charge is 0.293 e. The summed E-state index contributed by atoms with van der Waals surface area (Å²) in [5, 5.41) is 0. The van der Waals surface area contributed by atoms with Gasteiger partial charge in [-0.05, 0) is 40.3 Å². The van der Waals surface area contributed by atoms with E-state index in [4.69, 9.17) is 0 Å². The second-order valence-corrected chi connectivity index (χ2v) is 4.74. The number of aromatic nitrogens is 2. The number of H-pyrrole nitrogens is 1. The van der Waals surface area contributed by atoms with Crippen molar-refractivity contribution in [3.8, 4) is 0 Å². The summed E-state index contributed by atoms with van der Waals surface area (Å²) in [6.07, 6.45) is 0.916. The van der Waals surface area contributed by atoms with Gasteiger partial charge in [-0.15, -0.1) is 0 Å². The molecule has 17 heavy (non-hydrogen) atoms. The topological polar surface area (TPSA) is 54.9 Å².